The van der Waals surface area contributed by atoms with E-state index in [1.165, 1.54) is 6.21 Å². The lowest BCUT2D eigenvalue weighted by Gasteiger charge is -2.09. The van der Waals surface area contributed by atoms with Crippen molar-refractivity contribution in [3.05, 3.63) is 58.6 Å². The first-order valence-corrected chi connectivity index (χ1v) is 6.83. The number of hydrogen-bond acceptors (Lipinski definition) is 4. The molecule has 2 aromatic rings. The number of halogens is 1. The molecular formula is C16H15ClN2O3. The van der Waals surface area contributed by atoms with Gasteiger partial charge in [-0.2, -0.15) is 5.10 Å². The first kappa shape index (κ1) is 15.9. The van der Waals surface area contributed by atoms with Crippen LogP contribution in [0.5, 0.6) is 11.5 Å². The molecule has 0 aromatic heterocycles. The zero-order chi connectivity index (χ0) is 15.9. The topological polar surface area (TPSA) is 59.9 Å². The summed E-state index contributed by atoms with van der Waals surface area (Å²) in [6, 6.07) is 11.9. The van der Waals surface area contributed by atoms with Crippen LogP contribution in [0.4, 0.5) is 0 Å². The van der Waals surface area contributed by atoms with Crippen molar-refractivity contribution < 1.29 is 14.3 Å². The van der Waals surface area contributed by atoms with Crippen LogP contribution in [0.3, 0.4) is 0 Å². The number of amides is 1. The summed E-state index contributed by atoms with van der Waals surface area (Å²) >= 11 is 5.78. The number of methoxy groups -OCH3 is 2. The number of nitrogens with one attached hydrogen (secondary N) is 1. The molecule has 0 saturated carbocycles. The average molecular weight is 319 g/mol. The maximum absolute atomic E-state index is 11.9. The molecule has 0 radical (unpaired) electrons. The van der Waals surface area contributed by atoms with Crippen LogP contribution < -0.4 is 14.9 Å². The first-order chi connectivity index (χ1) is 10.7. The summed E-state index contributed by atoms with van der Waals surface area (Å²) in [7, 11) is 3.10. The highest BCUT2D eigenvalue weighted by Crippen LogP contribution is 2.29. The van der Waals surface area contributed by atoms with E-state index in [0.29, 0.717) is 27.6 Å². The lowest BCUT2D eigenvalue weighted by Crippen LogP contribution is -2.17. The molecule has 0 fully saturated rings. The number of benzene rings is 2. The van der Waals surface area contributed by atoms with Crippen molar-refractivity contribution in [3.63, 3.8) is 0 Å². The van der Waals surface area contributed by atoms with Gasteiger partial charge in [0.15, 0.2) is 11.5 Å². The molecule has 0 atom stereocenters. The molecule has 0 aliphatic heterocycles. The highest BCUT2D eigenvalue weighted by atomic mass is 35.5. The molecule has 22 heavy (non-hydrogen) atoms. The van der Waals surface area contributed by atoms with Gasteiger partial charge in [-0.15, -0.1) is 0 Å². The molecule has 2 rings (SSSR count). The Morgan fingerprint density at radius 1 is 1.14 bits per heavy atom. The summed E-state index contributed by atoms with van der Waals surface area (Å²) in [6.07, 6.45) is 1.50. The standard InChI is InChI=1S/C16H15ClN2O3/c1-21-14-5-3-4-12(15(14)22-2)10-18-19-16(20)11-6-8-13(17)9-7-11/h3-10H,1-2H3,(H,19,20)/b18-10-. The number of nitrogens with zero attached hydrogens (tertiary/aromatic N) is 1. The van der Waals surface area contributed by atoms with E-state index in [2.05, 4.69) is 10.5 Å². The van der Waals surface area contributed by atoms with E-state index in [1.54, 1.807) is 50.6 Å². The van der Waals surface area contributed by atoms with Crippen LogP contribution in [0.1, 0.15) is 15.9 Å². The fourth-order valence-corrected chi connectivity index (χ4v) is 1.97. The summed E-state index contributed by atoms with van der Waals surface area (Å²) in [5, 5.41) is 4.50. The van der Waals surface area contributed by atoms with Gasteiger partial charge in [-0.05, 0) is 36.4 Å². The van der Waals surface area contributed by atoms with Crippen molar-refractivity contribution >= 4 is 23.7 Å². The van der Waals surface area contributed by atoms with Gasteiger partial charge < -0.3 is 9.47 Å². The van der Waals surface area contributed by atoms with E-state index in [-0.39, 0.29) is 5.91 Å². The average Bonchev–Trinajstić information content (AvgIpc) is 2.55. The molecule has 2 aromatic carbocycles. The van der Waals surface area contributed by atoms with Crippen LogP contribution >= 0.6 is 11.6 Å². The Labute approximate surface area is 133 Å². The fourth-order valence-electron chi connectivity index (χ4n) is 1.84. The van der Waals surface area contributed by atoms with Crippen molar-refractivity contribution in [1.29, 1.82) is 0 Å². The summed E-state index contributed by atoms with van der Waals surface area (Å²) in [4.78, 5) is 11.9. The quantitative estimate of drug-likeness (QED) is 0.680. The molecule has 0 heterocycles. The number of ether oxygens (including phenoxy) is 2. The van der Waals surface area contributed by atoms with E-state index in [9.17, 15) is 4.79 Å². The molecule has 0 unspecified atom stereocenters. The molecule has 1 amide bonds. The molecule has 0 bridgehead atoms. The van der Waals surface area contributed by atoms with Crippen molar-refractivity contribution in [2.45, 2.75) is 0 Å². The van der Waals surface area contributed by atoms with Gasteiger partial charge in [-0.25, -0.2) is 5.43 Å². The number of hydrazone groups is 1. The summed E-state index contributed by atoms with van der Waals surface area (Å²) in [6.45, 7) is 0. The number of carbonyl (C=O) groups excluding carboxylic acids is 1. The molecule has 5 nitrogen and oxygen atoms in total. The molecule has 114 valence electrons. The van der Waals surface area contributed by atoms with Gasteiger partial charge in [0, 0.05) is 16.1 Å². The second-order valence-corrected chi connectivity index (χ2v) is 4.73. The van der Waals surface area contributed by atoms with E-state index in [4.69, 9.17) is 21.1 Å². The van der Waals surface area contributed by atoms with Gasteiger partial charge in [0.25, 0.3) is 5.91 Å². The van der Waals surface area contributed by atoms with Gasteiger partial charge >= 0.3 is 0 Å². The Kier molecular flexibility index (Phi) is 5.38. The van der Waals surface area contributed by atoms with Crippen LogP contribution in [0.25, 0.3) is 0 Å². The van der Waals surface area contributed by atoms with Crippen LogP contribution in [-0.4, -0.2) is 26.3 Å². The minimum atomic E-state index is -0.324. The Hall–Kier alpha value is -2.53. The van der Waals surface area contributed by atoms with Crippen molar-refractivity contribution in [2.24, 2.45) is 5.10 Å². The predicted octanol–water partition coefficient (Wildman–Crippen LogP) is 3.12. The monoisotopic (exact) mass is 318 g/mol. The van der Waals surface area contributed by atoms with Crippen molar-refractivity contribution in [2.75, 3.05) is 14.2 Å². The largest absolute Gasteiger partial charge is 0.493 e. The maximum atomic E-state index is 11.9. The Balaban J connectivity index is 2.09. The van der Waals surface area contributed by atoms with Crippen LogP contribution in [0.2, 0.25) is 5.02 Å². The zero-order valence-electron chi connectivity index (χ0n) is 12.2. The molecule has 0 aliphatic rings. The predicted molar refractivity (Wildman–Crippen MR) is 86.1 cm³/mol. The number of rotatable bonds is 5. The Bertz CT molecular complexity index is 684. The molecule has 1 N–H and O–H groups in total. The highest BCUT2D eigenvalue weighted by Gasteiger charge is 2.08. The van der Waals surface area contributed by atoms with Crippen LogP contribution in [0.15, 0.2) is 47.6 Å². The number of hydrogen-bond donors (Lipinski definition) is 1. The van der Waals surface area contributed by atoms with E-state index in [1.807, 2.05) is 6.07 Å². The SMILES string of the molecule is COc1cccc(/C=N\NC(=O)c2ccc(Cl)cc2)c1OC. The van der Waals surface area contributed by atoms with Crippen molar-refractivity contribution in [1.82, 2.24) is 5.43 Å². The van der Waals surface area contributed by atoms with E-state index < -0.39 is 0 Å². The molecule has 6 heteroatoms. The third kappa shape index (κ3) is 3.77. The van der Waals surface area contributed by atoms with Crippen molar-refractivity contribution in [3.8, 4) is 11.5 Å². The normalized spacial score (nSPS) is 10.5. The lowest BCUT2D eigenvalue weighted by molar-refractivity contribution is 0.0955. The Morgan fingerprint density at radius 3 is 2.50 bits per heavy atom. The summed E-state index contributed by atoms with van der Waals surface area (Å²) in [5.41, 5.74) is 3.61. The molecule has 0 saturated heterocycles. The minimum absolute atomic E-state index is 0.324. The third-order valence-electron chi connectivity index (χ3n) is 2.91. The van der Waals surface area contributed by atoms with Gasteiger partial charge in [-0.1, -0.05) is 17.7 Å². The second kappa shape index (κ2) is 7.47. The van der Waals surface area contributed by atoms with E-state index in [0.717, 1.165) is 0 Å². The zero-order valence-corrected chi connectivity index (χ0v) is 12.9. The van der Waals surface area contributed by atoms with Crippen LogP contribution in [0, 0.1) is 0 Å². The summed E-state index contributed by atoms with van der Waals surface area (Å²) < 4.78 is 10.5. The van der Waals surface area contributed by atoms with Gasteiger partial charge in [0.2, 0.25) is 0 Å². The Morgan fingerprint density at radius 2 is 1.86 bits per heavy atom. The van der Waals surface area contributed by atoms with E-state index >= 15 is 0 Å². The summed E-state index contributed by atoms with van der Waals surface area (Å²) in [5.74, 6) is 0.819. The lowest BCUT2D eigenvalue weighted by atomic mass is 10.2. The maximum Gasteiger partial charge on any atom is 0.271 e. The fraction of sp³-hybridized carbons (Fsp3) is 0.125. The molecule has 0 aliphatic carbocycles. The van der Waals surface area contributed by atoms with Crippen LogP contribution in [-0.2, 0) is 0 Å². The van der Waals surface area contributed by atoms with Gasteiger partial charge in [0.1, 0.15) is 0 Å². The molecule has 0 spiro atoms. The second-order valence-electron chi connectivity index (χ2n) is 4.29. The number of para-hydroxylation sites is 1. The highest BCUT2D eigenvalue weighted by molar-refractivity contribution is 6.30. The van der Waals surface area contributed by atoms with Gasteiger partial charge in [0.05, 0.1) is 20.4 Å². The molecular weight excluding hydrogens is 304 g/mol. The first-order valence-electron chi connectivity index (χ1n) is 6.45. The minimum Gasteiger partial charge on any atom is -0.493 e. The van der Waals surface area contributed by atoms with Gasteiger partial charge in [-0.3, -0.25) is 4.79 Å². The number of carbonyl (C=O) groups is 1. The third-order valence-corrected chi connectivity index (χ3v) is 3.16. The smallest absolute Gasteiger partial charge is 0.271 e.